The topological polar surface area (TPSA) is 88.1 Å². The predicted molar refractivity (Wildman–Crippen MR) is 115 cm³/mol. The van der Waals surface area contributed by atoms with E-state index in [0.29, 0.717) is 27.6 Å². The quantitative estimate of drug-likeness (QED) is 0.503. The number of aromatic amines is 1. The largest absolute Gasteiger partial charge is 0.349 e. The zero-order chi connectivity index (χ0) is 19.7. The van der Waals surface area contributed by atoms with Gasteiger partial charge < -0.3 is 10.6 Å². The summed E-state index contributed by atoms with van der Waals surface area (Å²) in [6, 6.07) is 5.01. The molecular formula is C20H19Cl2N7. The van der Waals surface area contributed by atoms with Crippen molar-refractivity contribution < 1.29 is 0 Å². The minimum Gasteiger partial charge on any atom is -0.349 e. The van der Waals surface area contributed by atoms with E-state index in [2.05, 4.69) is 19.5 Å². The number of hydrogen-bond donors (Lipinski definition) is 2. The molecule has 6 rings (SSSR count). The van der Waals surface area contributed by atoms with Gasteiger partial charge >= 0.3 is 0 Å². The first kappa shape index (κ1) is 17.5. The molecule has 2 bridgehead atoms. The Labute approximate surface area is 176 Å². The Hall–Kier alpha value is -2.35. The minimum atomic E-state index is 0.286. The van der Waals surface area contributed by atoms with Crippen LogP contribution in [-0.2, 0) is 0 Å². The molecule has 7 nitrogen and oxygen atoms in total. The third-order valence-corrected chi connectivity index (χ3v) is 6.97. The van der Waals surface area contributed by atoms with Crippen molar-refractivity contribution in [2.45, 2.75) is 43.8 Å². The van der Waals surface area contributed by atoms with Crippen LogP contribution >= 0.6 is 23.2 Å². The number of nitrogens with two attached hydrogens (primary N) is 1. The van der Waals surface area contributed by atoms with Crippen molar-refractivity contribution in [3.8, 4) is 11.4 Å². The molecule has 9 heteroatoms. The lowest BCUT2D eigenvalue weighted by Gasteiger charge is -2.38. The highest BCUT2D eigenvalue weighted by Gasteiger charge is 2.41. The number of nitrogens with zero attached hydrogens (tertiary/aromatic N) is 5. The number of anilines is 1. The van der Waals surface area contributed by atoms with Crippen molar-refractivity contribution in [1.82, 2.24) is 24.6 Å². The lowest BCUT2D eigenvalue weighted by Crippen LogP contribution is -2.48. The Balaban J connectivity index is 1.51. The number of aromatic nitrogens is 5. The summed E-state index contributed by atoms with van der Waals surface area (Å²) in [6.45, 7) is 0. The molecule has 5 heterocycles. The molecule has 2 aliphatic rings. The third kappa shape index (κ3) is 2.51. The Morgan fingerprint density at radius 3 is 2.69 bits per heavy atom. The minimum absolute atomic E-state index is 0.286. The zero-order valence-corrected chi connectivity index (χ0v) is 17.0. The first-order chi connectivity index (χ1) is 14.1. The van der Waals surface area contributed by atoms with Crippen molar-refractivity contribution in [1.29, 1.82) is 0 Å². The number of benzene rings is 1. The summed E-state index contributed by atoms with van der Waals surface area (Å²) in [6.07, 6.45) is 10.0. The number of H-pyrrole nitrogens is 1. The van der Waals surface area contributed by atoms with Gasteiger partial charge in [-0.2, -0.15) is 5.10 Å². The number of halogens is 2. The van der Waals surface area contributed by atoms with Gasteiger partial charge in [0.15, 0.2) is 5.82 Å². The van der Waals surface area contributed by atoms with Crippen LogP contribution in [0.1, 0.15) is 25.7 Å². The van der Waals surface area contributed by atoms with Crippen LogP contribution in [0.15, 0.2) is 30.7 Å². The Morgan fingerprint density at radius 2 is 1.90 bits per heavy atom. The van der Waals surface area contributed by atoms with Crippen molar-refractivity contribution >= 4 is 45.4 Å². The molecule has 0 aliphatic carbocycles. The smallest absolute Gasteiger partial charge is 0.155 e. The molecular weight excluding hydrogens is 409 g/mol. The van der Waals surface area contributed by atoms with Crippen molar-refractivity contribution in [2.75, 3.05) is 4.90 Å². The molecule has 3 aromatic heterocycles. The molecule has 148 valence electrons. The van der Waals surface area contributed by atoms with Crippen LogP contribution in [0.3, 0.4) is 0 Å². The number of nitrogens with one attached hydrogen (secondary N) is 1. The van der Waals surface area contributed by atoms with Crippen LogP contribution in [0.5, 0.6) is 0 Å². The number of rotatable bonds is 2. The van der Waals surface area contributed by atoms with Gasteiger partial charge in [-0.25, -0.2) is 9.97 Å². The maximum atomic E-state index is 6.70. The summed E-state index contributed by atoms with van der Waals surface area (Å²) in [7, 11) is 0. The first-order valence-corrected chi connectivity index (χ1v) is 10.6. The maximum Gasteiger partial charge on any atom is 0.155 e. The van der Waals surface area contributed by atoms with Gasteiger partial charge in [-0.05, 0) is 37.8 Å². The molecule has 3 N–H and O–H groups in total. The summed E-state index contributed by atoms with van der Waals surface area (Å²) in [5.74, 6) is 1.73. The van der Waals surface area contributed by atoms with Crippen LogP contribution in [0.4, 0.5) is 5.82 Å². The second-order valence-corrected chi connectivity index (χ2v) is 8.73. The normalized spacial score (nSPS) is 24.1. The molecule has 0 radical (unpaired) electrons. The van der Waals surface area contributed by atoms with Crippen LogP contribution in [0.25, 0.3) is 27.8 Å². The van der Waals surface area contributed by atoms with Gasteiger partial charge in [0.25, 0.3) is 0 Å². The summed E-state index contributed by atoms with van der Waals surface area (Å²) in [5.41, 5.74) is 8.77. The molecule has 3 atom stereocenters. The second kappa shape index (κ2) is 6.32. The van der Waals surface area contributed by atoms with Gasteiger partial charge in [0, 0.05) is 36.1 Å². The highest BCUT2D eigenvalue weighted by Crippen LogP contribution is 2.41. The van der Waals surface area contributed by atoms with E-state index in [1.165, 1.54) is 12.8 Å². The average molecular weight is 428 g/mol. The maximum absolute atomic E-state index is 6.70. The number of fused-ring (bicyclic) bond motifs is 4. The zero-order valence-electron chi connectivity index (χ0n) is 15.5. The van der Waals surface area contributed by atoms with Crippen molar-refractivity contribution in [3.63, 3.8) is 0 Å². The van der Waals surface area contributed by atoms with Gasteiger partial charge in [0.2, 0.25) is 0 Å². The summed E-state index contributed by atoms with van der Waals surface area (Å²) >= 11 is 13.0. The molecule has 0 amide bonds. The molecule has 2 fully saturated rings. The van der Waals surface area contributed by atoms with Gasteiger partial charge in [0.1, 0.15) is 16.5 Å². The van der Waals surface area contributed by atoms with E-state index >= 15 is 0 Å². The highest BCUT2D eigenvalue weighted by atomic mass is 35.5. The van der Waals surface area contributed by atoms with E-state index < -0.39 is 0 Å². The van der Waals surface area contributed by atoms with Crippen LogP contribution in [0, 0.1) is 0 Å². The third-order valence-electron chi connectivity index (χ3n) is 6.31. The fraction of sp³-hybridized carbons (Fsp3) is 0.350. The predicted octanol–water partition coefficient (Wildman–Crippen LogP) is 4.04. The van der Waals surface area contributed by atoms with Crippen LogP contribution in [0.2, 0.25) is 10.2 Å². The van der Waals surface area contributed by atoms with Gasteiger partial charge in [-0.1, -0.05) is 23.2 Å². The fourth-order valence-electron chi connectivity index (χ4n) is 5.08. The van der Waals surface area contributed by atoms with Crippen LogP contribution < -0.4 is 10.6 Å². The van der Waals surface area contributed by atoms with E-state index in [1.807, 2.05) is 30.7 Å². The standard InChI is InChI=1S/C20H19Cl2N7/c21-17-13(3-4-14-16(17)18(22)27-26-14)19-25-9-15-20(24-5-6-28(15)19)29-11-1-2-12(29)8-10(23)7-11/h3-6,9-12H,1-2,7-8,23H2,(H,26,27)/t10?,11-,12+. The summed E-state index contributed by atoms with van der Waals surface area (Å²) < 4.78 is 2.05. The molecule has 4 aromatic rings. The Morgan fingerprint density at radius 1 is 1.10 bits per heavy atom. The fourth-order valence-corrected chi connectivity index (χ4v) is 5.70. The van der Waals surface area contributed by atoms with Crippen LogP contribution in [-0.4, -0.2) is 42.7 Å². The molecule has 0 spiro atoms. The highest BCUT2D eigenvalue weighted by molar-refractivity contribution is 6.43. The Kier molecular flexibility index (Phi) is 3.82. The summed E-state index contributed by atoms with van der Waals surface area (Å²) in [5, 5.41) is 8.62. The molecule has 29 heavy (non-hydrogen) atoms. The number of hydrogen-bond acceptors (Lipinski definition) is 5. The SMILES string of the molecule is NC1C[C@H]2CC[C@@H](C1)N2c1nccn2c(-c3ccc4n[nH]c(Cl)c4c3Cl)ncc12. The van der Waals surface area contributed by atoms with E-state index in [0.717, 1.165) is 41.1 Å². The second-order valence-electron chi connectivity index (χ2n) is 7.97. The molecule has 0 saturated carbocycles. The van der Waals surface area contributed by atoms with E-state index in [-0.39, 0.29) is 6.04 Å². The van der Waals surface area contributed by atoms with Gasteiger partial charge in [-0.3, -0.25) is 9.50 Å². The van der Waals surface area contributed by atoms with Gasteiger partial charge in [-0.15, -0.1) is 0 Å². The monoisotopic (exact) mass is 427 g/mol. The number of imidazole rings is 1. The van der Waals surface area contributed by atoms with E-state index in [4.69, 9.17) is 38.9 Å². The van der Waals surface area contributed by atoms with E-state index in [9.17, 15) is 0 Å². The van der Waals surface area contributed by atoms with E-state index in [1.54, 1.807) is 0 Å². The molecule has 1 aromatic carbocycles. The Bertz CT molecular complexity index is 1230. The lowest BCUT2D eigenvalue weighted by molar-refractivity contribution is 0.412. The number of piperidine rings is 1. The molecule has 2 aliphatic heterocycles. The van der Waals surface area contributed by atoms with Crippen molar-refractivity contribution in [2.24, 2.45) is 5.73 Å². The molecule has 1 unspecified atom stereocenters. The summed E-state index contributed by atoms with van der Waals surface area (Å²) in [4.78, 5) is 11.9. The lowest BCUT2D eigenvalue weighted by atomic mass is 9.98. The van der Waals surface area contributed by atoms with Gasteiger partial charge in [0.05, 0.1) is 22.1 Å². The van der Waals surface area contributed by atoms with Crippen molar-refractivity contribution in [3.05, 3.63) is 40.9 Å². The first-order valence-electron chi connectivity index (χ1n) is 9.80. The molecule has 2 saturated heterocycles. The average Bonchev–Trinajstić information content (AvgIpc) is 3.37.